The minimum absolute atomic E-state index is 0.117. The molecule has 2 heterocycles. The van der Waals surface area contributed by atoms with Crippen LogP contribution in [-0.4, -0.2) is 20.8 Å². The molecule has 5 heteroatoms. The predicted octanol–water partition coefficient (Wildman–Crippen LogP) is 2.84. The molecule has 2 aromatic heterocycles. The van der Waals surface area contributed by atoms with Gasteiger partial charge in [0.2, 0.25) is 0 Å². The van der Waals surface area contributed by atoms with E-state index >= 15 is 0 Å². The third-order valence-electron chi connectivity index (χ3n) is 3.27. The summed E-state index contributed by atoms with van der Waals surface area (Å²) in [5.74, 6) is -0.716. The maximum absolute atomic E-state index is 11.3. The Morgan fingerprint density at radius 2 is 2.11 bits per heavy atom. The van der Waals surface area contributed by atoms with E-state index in [1.54, 1.807) is 6.92 Å². The molecule has 0 atom stereocenters. The molecular weight excluding hydrogens is 244 g/mol. The van der Waals surface area contributed by atoms with Gasteiger partial charge in [0.1, 0.15) is 17.0 Å². The number of hydrogen-bond donors (Lipinski definition) is 1. The predicted molar refractivity (Wildman–Crippen MR) is 70.1 cm³/mol. The summed E-state index contributed by atoms with van der Waals surface area (Å²) < 4.78 is 6.93. The number of nitrogens with zero attached hydrogens (tertiary/aromatic N) is 2. The van der Waals surface area contributed by atoms with Gasteiger partial charge in [-0.25, -0.2) is 4.79 Å². The average molecular weight is 256 g/mol. The number of benzene rings is 1. The first-order valence-corrected chi connectivity index (χ1v) is 5.84. The molecule has 3 aromatic rings. The highest BCUT2D eigenvalue weighted by molar-refractivity contribution is 5.97. The second-order valence-corrected chi connectivity index (χ2v) is 4.41. The zero-order valence-corrected chi connectivity index (χ0v) is 10.5. The quantitative estimate of drug-likeness (QED) is 0.765. The third kappa shape index (κ3) is 1.62. The van der Waals surface area contributed by atoms with Crippen molar-refractivity contribution >= 4 is 16.9 Å². The maximum Gasteiger partial charge on any atom is 0.341 e. The van der Waals surface area contributed by atoms with Crippen molar-refractivity contribution in [3.63, 3.8) is 0 Å². The molecule has 0 fully saturated rings. The Labute approximate surface area is 109 Å². The van der Waals surface area contributed by atoms with E-state index in [0.29, 0.717) is 11.5 Å². The number of aromatic carboxylic acids is 1. The minimum Gasteiger partial charge on any atom is -0.477 e. The van der Waals surface area contributed by atoms with Gasteiger partial charge in [-0.2, -0.15) is 0 Å². The summed E-state index contributed by atoms with van der Waals surface area (Å²) in [4.78, 5) is 11.3. The van der Waals surface area contributed by atoms with Crippen LogP contribution in [0.2, 0.25) is 0 Å². The number of carboxylic acids is 1. The highest BCUT2D eigenvalue weighted by atomic mass is 16.5. The van der Waals surface area contributed by atoms with Crippen LogP contribution in [0.1, 0.15) is 16.1 Å². The normalized spacial score (nSPS) is 11.1. The molecule has 0 radical (unpaired) electrons. The number of fused-ring (bicyclic) bond motifs is 1. The first-order valence-electron chi connectivity index (χ1n) is 5.84. The van der Waals surface area contributed by atoms with E-state index in [1.165, 1.54) is 0 Å². The number of carbonyl (C=O) groups is 1. The molecule has 0 saturated carbocycles. The molecule has 0 aliphatic rings. The zero-order chi connectivity index (χ0) is 13.6. The van der Waals surface area contributed by atoms with E-state index in [2.05, 4.69) is 5.16 Å². The van der Waals surface area contributed by atoms with Crippen LogP contribution in [0.15, 0.2) is 34.9 Å². The van der Waals surface area contributed by atoms with Crippen LogP contribution < -0.4 is 0 Å². The first-order chi connectivity index (χ1) is 9.09. The Kier molecular flexibility index (Phi) is 2.41. The molecule has 19 heavy (non-hydrogen) atoms. The van der Waals surface area contributed by atoms with Crippen molar-refractivity contribution in [3.8, 4) is 11.4 Å². The fraction of sp³-hybridized carbons (Fsp3) is 0.143. The van der Waals surface area contributed by atoms with Crippen LogP contribution >= 0.6 is 0 Å². The summed E-state index contributed by atoms with van der Waals surface area (Å²) >= 11 is 0. The number of hydrogen-bond acceptors (Lipinski definition) is 3. The summed E-state index contributed by atoms with van der Waals surface area (Å²) in [5, 5.41) is 14.2. The Hall–Kier alpha value is -2.56. The number of aromatic nitrogens is 2. The summed E-state index contributed by atoms with van der Waals surface area (Å²) in [6, 6.07) is 9.76. The molecular formula is C14H12N2O3. The lowest BCUT2D eigenvalue weighted by atomic mass is 10.1. The van der Waals surface area contributed by atoms with Crippen LogP contribution in [0.4, 0.5) is 0 Å². The van der Waals surface area contributed by atoms with Crippen LogP contribution in [0, 0.1) is 6.92 Å². The molecule has 1 aromatic carbocycles. The zero-order valence-electron chi connectivity index (χ0n) is 10.5. The van der Waals surface area contributed by atoms with Gasteiger partial charge in [0.25, 0.3) is 0 Å². The topological polar surface area (TPSA) is 68.3 Å². The van der Waals surface area contributed by atoms with Crippen LogP contribution in [0.3, 0.4) is 0 Å². The van der Waals surface area contributed by atoms with Gasteiger partial charge in [-0.15, -0.1) is 0 Å². The highest BCUT2D eigenvalue weighted by Gasteiger charge is 2.23. The smallest absolute Gasteiger partial charge is 0.341 e. The summed E-state index contributed by atoms with van der Waals surface area (Å²) in [5.41, 5.74) is 2.24. The lowest BCUT2D eigenvalue weighted by molar-refractivity contribution is 0.0695. The molecule has 3 rings (SSSR count). The van der Waals surface area contributed by atoms with Gasteiger partial charge >= 0.3 is 5.97 Å². The van der Waals surface area contributed by atoms with Gasteiger partial charge in [-0.3, -0.25) is 0 Å². The highest BCUT2D eigenvalue weighted by Crippen LogP contribution is 2.30. The van der Waals surface area contributed by atoms with Crippen molar-refractivity contribution in [1.29, 1.82) is 0 Å². The second kappa shape index (κ2) is 3.98. The molecule has 5 nitrogen and oxygen atoms in total. The summed E-state index contributed by atoms with van der Waals surface area (Å²) in [6.07, 6.45) is 0. The van der Waals surface area contributed by atoms with Crippen molar-refractivity contribution in [2.75, 3.05) is 0 Å². The molecule has 0 bridgehead atoms. The van der Waals surface area contributed by atoms with Crippen LogP contribution in [0.5, 0.6) is 0 Å². The molecule has 0 saturated heterocycles. The maximum atomic E-state index is 11.3. The number of aryl methyl sites for hydroxylation is 2. The number of carboxylic acid groups (broad SMARTS) is 1. The van der Waals surface area contributed by atoms with Gasteiger partial charge < -0.3 is 14.2 Å². The van der Waals surface area contributed by atoms with E-state index in [9.17, 15) is 9.90 Å². The van der Waals surface area contributed by atoms with Crippen molar-refractivity contribution in [2.24, 2.45) is 7.05 Å². The van der Waals surface area contributed by atoms with Crippen molar-refractivity contribution in [2.45, 2.75) is 6.92 Å². The van der Waals surface area contributed by atoms with Crippen molar-refractivity contribution < 1.29 is 14.4 Å². The van der Waals surface area contributed by atoms with E-state index in [-0.39, 0.29) is 5.56 Å². The van der Waals surface area contributed by atoms with E-state index in [4.69, 9.17) is 4.52 Å². The molecule has 0 spiro atoms. The number of rotatable bonds is 2. The second-order valence-electron chi connectivity index (χ2n) is 4.41. The molecule has 0 aliphatic heterocycles. The van der Waals surface area contributed by atoms with E-state index in [0.717, 1.165) is 16.6 Å². The SMILES string of the molecule is Cc1onc(-c2cc3ccccc3n2C)c1C(=O)O. The Morgan fingerprint density at radius 3 is 2.79 bits per heavy atom. The third-order valence-corrected chi connectivity index (χ3v) is 3.27. The molecule has 1 N–H and O–H groups in total. The molecule has 96 valence electrons. The van der Waals surface area contributed by atoms with Crippen LogP contribution in [-0.2, 0) is 7.05 Å². The largest absolute Gasteiger partial charge is 0.477 e. The minimum atomic E-state index is -1.03. The van der Waals surface area contributed by atoms with Crippen molar-refractivity contribution in [3.05, 3.63) is 41.7 Å². The molecule has 0 amide bonds. The van der Waals surface area contributed by atoms with E-state index in [1.807, 2.05) is 41.9 Å². The fourth-order valence-electron chi connectivity index (χ4n) is 2.31. The van der Waals surface area contributed by atoms with Crippen LogP contribution in [0.25, 0.3) is 22.3 Å². The monoisotopic (exact) mass is 256 g/mol. The first kappa shape index (κ1) is 11.5. The average Bonchev–Trinajstić information content (AvgIpc) is 2.91. The summed E-state index contributed by atoms with van der Waals surface area (Å²) in [7, 11) is 1.88. The fourth-order valence-corrected chi connectivity index (χ4v) is 2.31. The summed E-state index contributed by atoms with van der Waals surface area (Å²) in [6.45, 7) is 1.60. The molecule has 0 unspecified atom stereocenters. The van der Waals surface area contributed by atoms with Gasteiger partial charge in [0, 0.05) is 18.0 Å². The number of para-hydroxylation sites is 1. The van der Waals surface area contributed by atoms with Gasteiger partial charge in [-0.05, 0) is 19.1 Å². The standard InChI is InChI=1S/C14H12N2O3/c1-8-12(14(17)18)13(15-19-8)11-7-9-5-3-4-6-10(9)16(11)2/h3-7H,1-2H3,(H,17,18). The lowest BCUT2D eigenvalue weighted by Gasteiger charge is -2.01. The lowest BCUT2D eigenvalue weighted by Crippen LogP contribution is -2.01. The van der Waals surface area contributed by atoms with Gasteiger partial charge in [0.15, 0.2) is 0 Å². The van der Waals surface area contributed by atoms with Crippen molar-refractivity contribution in [1.82, 2.24) is 9.72 Å². The van der Waals surface area contributed by atoms with Gasteiger partial charge in [0.05, 0.1) is 5.69 Å². The Balaban J connectivity index is 2.31. The molecule has 0 aliphatic carbocycles. The Bertz CT molecular complexity index is 783. The van der Waals surface area contributed by atoms with E-state index < -0.39 is 5.97 Å². The Morgan fingerprint density at radius 1 is 1.37 bits per heavy atom. The van der Waals surface area contributed by atoms with Gasteiger partial charge in [-0.1, -0.05) is 23.4 Å².